The fourth-order valence-corrected chi connectivity index (χ4v) is 8.13. The molecule has 1 aromatic carbocycles. The standard InChI is InChI=1S/C40H60N6O6/c1-10-15-28(33(48)36(50)41-22-11-2)42-35(49)31-29-27(40(29,6)7)23-46(31)37(51)34(39(3,4)5)44-38(52)43-30(24-16-13-12-14-17-24)32(47)25-18-20-26(21-19-25)45(8)9/h11,18-21,24,27-31,34H,2,10,12-17,22-23H2,1,3-9H3,(H,41,50)(H,42,49)(H2,43,44,52)/t27-,28?,29-,30-,31-,34+/m0/s1. The minimum absolute atomic E-state index is 0.0389. The van der Waals surface area contributed by atoms with Crippen LogP contribution >= 0.6 is 0 Å². The number of piperidine rings is 1. The van der Waals surface area contributed by atoms with Gasteiger partial charge in [-0.2, -0.15) is 0 Å². The van der Waals surface area contributed by atoms with E-state index in [0.29, 0.717) is 18.5 Å². The van der Waals surface area contributed by atoms with Crippen LogP contribution in [-0.2, 0) is 19.2 Å². The van der Waals surface area contributed by atoms with Gasteiger partial charge in [-0.1, -0.05) is 73.3 Å². The van der Waals surface area contributed by atoms with Crippen molar-refractivity contribution in [3.8, 4) is 0 Å². The molecule has 1 aromatic rings. The summed E-state index contributed by atoms with van der Waals surface area (Å²) in [6, 6.07) is 2.99. The Kier molecular flexibility index (Phi) is 13.0. The average Bonchev–Trinajstić information content (AvgIpc) is 3.40. The van der Waals surface area contributed by atoms with Crippen molar-refractivity contribution >= 4 is 41.0 Å². The zero-order chi connectivity index (χ0) is 38.5. The fraction of sp³-hybridized carbons (Fsp3) is 0.650. The summed E-state index contributed by atoms with van der Waals surface area (Å²) in [4.78, 5) is 85.4. The number of urea groups is 1. The number of benzene rings is 1. The molecule has 286 valence electrons. The van der Waals surface area contributed by atoms with Crippen LogP contribution in [0.1, 0.15) is 96.8 Å². The van der Waals surface area contributed by atoms with Gasteiger partial charge in [0, 0.05) is 38.4 Å². The lowest BCUT2D eigenvalue weighted by Crippen LogP contribution is -2.62. The molecule has 12 heteroatoms. The number of fused-ring (bicyclic) bond motifs is 1. The third kappa shape index (κ3) is 9.04. The minimum atomic E-state index is -1.05. The molecule has 1 saturated heterocycles. The number of hydrogen-bond donors (Lipinski definition) is 4. The molecule has 0 aromatic heterocycles. The molecule has 4 N–H and O–H groups in total. The second-order valence-electron chi connectivity index (χ2n) is 16.7. The van der Waals surface area contributed by atoms with Gasteiger partial charge in [-0.15, -0.1) is 6.58 Å². The van der Waals surface area contributed by atoms with Crippen molar-refractivity contribution in [2.45, 2.75) is 111 Å². The molecule has 2 aliphatic carbocycles. The number of amides is 5. The molecule has 0 bridgehead atoms. The van der Waals surface area contributed by atoms with E-state index < -0.39 is 59.1 Å². The molecule has 3 fully saturated rings. The van der Waals surface area contributed by atoms with Gasteiger partial charge in [-0.3, -0.25) is 24.0 Å². The summed E-state index contributed by atoms with van der Waals surface area (Å²) in [7, 11) is 3.86. The monoisotopic (exact) mass is 720 g/mol. The van der Waals surface area contributed by atoms with Crippen molar-refractivity contribution in [3.05, 3.63) is 42.5 Å². The molecule has 52 heavy (non-hydrogen) atoms. The lowest BCUT2D eigenvalue weighted by Gasteiger charge is -2.38. The van der Waals surface area contributed by atoms with E-state index in [-0.39, 0.29) is 41.9 Å². The molecule has 12 nitrogen and oxygen atoms in total. The normalized spacial score (nSPS) is 22.5. The molecule has 1 aliphatic heterocycles. The maximum Gasteiger partial charge on any atom is 0.316 e. The first-order valence-corrected chi connectivity index (χ1v) is 18.9. The minimum Gasteiger partial charge on any atom is -0.378 e. The van der Waals surface area contributed by atoms with Crippen molar-refractivity contribution in [3.63, 3.8) is 0 Å². The van der Waals surface area contributed by atoms with Crippen molar-refractivity contribution < 1.29 is 28.8 Å². The molecule has 1 heterocycles. The molecule has 1 unspecified atom stereocenters. The summed E-state index contributed by atoms with van der Waals surface area (Å²) in [6.45, 7) is 15.5. The van der Waals surface area contributed by atoms with E-state index in [1.807, 2.05) is 58.8 Å². The van der Waals surface area contributed by atoms with E-state index in [0.717, 1.165) is 37.8 Å². The molecule has 3 aliphatic rings. The number of likely N-dealkylation sites (tertiary alicyclic amines) is 1. The van der Waals surface area contributed by atoms with Crippen molar-refractivity contribution in [1.82, 2.24) is 26.2 Å². The Morgan fingerprint density at radius 1 is 0.981 bits per heavy atom. The molecule has 0 radical (unpaired) electrons. The maximum absolute atomic E-state index is 14.5. The number of nitrogens with zero attached hydrogens (tertiary/aromatic N) is 2. The quantitative estimate of drug-likeness (QED) is 0.120. The van der Waals surface area contributed by atoms with E-state index in [9.17, 15) is 28.8 Å². The van der Waals surface area contributed by atoms with Crippen LogP contribution in [0.5, 0.6) is 0 Å². The molecule has 2 saturated carbocycles. The Morgan fingerprint density at radius 2 is 1.62 bits per heavy atom. The number of rotatable bonds is 15. The molecule has 0 spiro atoms. The van der Waals surface area contributed by atoms with Gasteiger partial charge in [0.25, 0.3) is 5.91 Å². The second kappa shape index (κ2) is 16.6. The van der Waals surface area contributed by atoms with E-state index >= 15 is 0 Å². The highest BCUT2D eigenvalue weighted by Gasteiger charge is 2.70. The Morgan fingerprint density at radius 3 is 2.17 bits per heavy atom. The van der Waals surface area contributed by atoms with Gasteiger partial charge in [0.2, 0.25) is 17.6 Å². The number of ketones is 2. The van der Waals surface area contributed by atoms with Crippen molar-refractivity contribution in [2.24, 2.45) is 28.6 Å². The van der Waals surface area contributed by atoms with Gasteiger partial charge < -0.3 is 31.1 Å². The number of carbonyl (C=O) groups is 6. The molecule has 4 rings (SSSR count). The summed E-state index contributed by atoms with van der Waals surface area (Å²) in [5.41, 5.74) is 0.508. The van der Waals surface area contributed by atoms with Crippen LogP contribution < -0.4 is 26.2 Å². The van der Waals surface area contributed by atoms with Crippen molar-refractivity contribution in [1.29, 1.82) is 0 Å². The number of Topliss-reactive ketones (excluding diaryl/α,β-unsaturated/α-hetero) is 2. The van der Waals surface area contributed by atoms with Crippen LogP contribution in [-0.4, -0.2) is 91.6 Å². The number of hydrogen-bond acceptors (Lipinski definition) is 7. The Hall–Kier alpha value is -4.22. The Balaban J connectivity index is 1.55. The van der Waals surface area contributed by atoms with E-state index in [4.69, 9.17) is 0 Å². The molecular formula is C40H60N6O6. The third-order valence-electron chi connectivity index (χ3n) is 11.3. The molecule has 6 atom stereocenters. The van der Waals surface area contributed by atoms with E-state index in [1.54, 1.807) is 12.1 Å². The van der Waals surface area contributed by atoms with Crippen LogP contribution in [0, 0.1) is 28.6 Å². The molecule has 5 amide bonds. The van der Waals surface area contributed by atoms with Crippen LogP contribution in [0.3, 0.4) is 0 Å². The van der Waals surface area contributed by atoms with Gasteiger partial charge in [-0.05, 0) is 72.1 Å². The summed E-state index contributed by atoms with van der Waals surface area (Å²) >= 11 is 0. The zero-order valence-electron chi connectivity index (χ0n) is 32.3. The maximum atomic E-state index is 14.5. The Labute approximate surface area is 309 Å². The number of anilines is 1. The summed E-state index contributed by atoms with van der Waals surface area (Å²) in [6.07, 6.45) is 6.94. The lowest BCUT2D eigenvalue weighted by molar-refractivity contribution is -0.145. The highest BCUT2D eigenvalue weighted by molar-refractivity contribution is 6.38. The van der Waals surface area contributed by atoms with Crippen LogP contribution in [0.4, 0.5) is 10.5 Å². The third-order valence-corrected chi connectivity index (χ3v) is 11.3. The summed E-state index contributed by atoms with van der Waals surface area (Å²) in [5, 5.41) is 11.2. The topological polar surface area (TPSA) is 157 Å². The SMILES string of the molecule is C=CCNC(=O)C(=O)C(CCC)NC(=O)[C@@H]1[C@@H]2[C@H](CN1C(=O)[C@@H](NC(=O)N[C@H](C(=O)c1ccc(N(C)C)cc1)C1CCCCC1)C(C)(C)C)C2(C)C. The van der Waals surface area contributed by atoms with Crippen LogP contribution in [0.15, 0.2) is 36.9 Å². The van der Waals surface area contributed by atoms with Gasteiger partial charge >= 0.3 is 6.03 Å². The highest BCUT2D eigenvalue weighted by atomic mass is 16.2. The van der Waals surface area contributed by atoms with Crippen molar-refractivity contribution in [2.75, 3.05) is 32.1 Å². The molecular weight excluding hydrogens is 660 g/mol. The first-order valence-electron chi connectivity index (χ1n) is 18.9. The first kappa shape index (κ1) is 40.5. The number of carbonyl (C=O) groups excluding carboxylic acids is 6. The zero-order valence-corrected chi connectivity index (χ0v) is 32.3. The predicted molar refractivity (Wildman–Crippen MR) is 202 cm³/mol. The smallest absolute Gasteiger partial charge is 0.316 e. The van der Waals surface area contributed by atoms with E-state index in [2.05, 4.69) is 41.7 Å². The van der Waals surface area contributed by atoms with Crippen LogP contribution in [0.2, 0.25) is 0 Å². The fourth-order valence-electron chi connectivity index (χ4n) is 8.13. The van der Waals surface area contributed by atoms with Gasteiger partial charge in [0.15, 0.2) is 5.78 Å². The highest BCUT2D eigenvalue weighted by Crippen LogP contribution is 2.65. The number of nitrogens with one attached hydrogen (secondary N) is 4. The second-order valence-corrected chi connectivity index (χ2v) is 16.7. The lowest BCUT2D eigenvalue weighted by atomic mass is 9.81. The Bertz CT molecular complexity index is 1510. The van der Waals surface area contributed by atoms with Crippen LogP contribution in [0.25, 0.3) is 0 Å². The van der Waals surface area contributed by atoms with Gasteiger partial charge in [0.05, 0.1) is 12.1 Å². The van der Waals surface area contributed by atoms with Gasteiger partial charge in [0.1, 0.15) is 12.1 Å². The predicted octanol–water partition coefficient (Wildman–Crippen LogP) is 4.24. The summed E-state index contributed by atoms with van der Waals surface area (Å²) < 4.78 is 0. The summed E-state index contributed by atoms with van der Waals surface area (Å²) in [5.74, 6) is -2.75. The average molecular weight is 721 g/mol. The first-order chi connectivity index (χ1) is 24.4. The largest absolute Gasteiger partial charge is 0.378 e. The van der Waals surface area contributed by atoms with E-state index in [1.165, 1.54) is 11.0 Å². The van der Waals surface area contributed by atoms with Gasteiger partial charge in [-0.25, -0.2) is 4.79 Å².